The maximum Gasteiger partial charge on any atom is 0.198 e. The first kappa shape index (κ1) is 12.9. The number of hydrogen-bond acceptors (Lipinski definition) is 2. The van der Waals surface area contributed by atoms with Crippen molar-refractivity contribution in [2.45, 2.75) is 32.1 Å². The largest absolute Gasteiger partial charge is 0.619 e. The van der Waals surface area contributed by atoms with Crippen LogP contribution in [0.2, 0.25) is 0 Å². The van der Waals surface area contributed by atoms with Gasteiger partial charge in [0.1, 0.15) is 10.2 Å². The second-order valence-corrected chi connectivity index (χ2v) is 7.68. The van der Waals surface area contributed by atoms with Crippen LogP contribution in [0.3, 0.4) is 0 Å². The van der Waals surface area contributed by atoms with Crippen LogP contribution in [-0.4, -0.2) is 6.61 Å². The maximum absolute atomic E-state index is 11.1. The van der Waals surface area contributed by atoms with Crippen LogP contribution in [-0.2, 0) is 0 Å². The van der Waals surface area contributed by atoms with Gasteiger partial charge in [0.2, 0.25) is 0 Å². The molecule has 0 spiro atoms. The summed E-state index contributed by atoms with van der Waals surface area (Å²) in [6, 6.07) is 1.75. The van der Waals surface area contributed by atoms with Crippen molar-refractivity contribution >= 4 is 15.9 Å². The van der Waals surface area contributed by atoms with Gasteiger partial charge in [-0.15, -0.1) is 0 Å². The smallest absolute Gasteiger partial charge is 0.198 e. The zero-order valence-corrected chi connectivity index (χ0v) is 13.1. The van der Waals surface area contributed by atoms with Crippen LogP contribution >= 0.6 is 15.9 Å². The summed E-state index contributed by atoms with van der Waals surface area (Å²) in [6.07, 6.45) is 10.2. The number of hydrogen-bond donors (Lipinski definition) is 0. The number of fused-ring (bicyclic) bond motifs is 5. The second kappa shape index (κ2) is 4.90. The first-order valence-corrected chi connectivity index (χ1v) is 8.51. The van der Waals surface area contributed by atoms with E-state index in [0.717, 1.165) is 45.2 Å². The molecule has 20 heavy (non-hydrogen) atoms. The van der Waals surface area contributed by atoms with Crippen LogP contribution < -0.4 is 9.47 Å². The molecule has 3 aliphatic carbocycles. The number of ether oxygens (including phenoxy) is 1. The summed E-state index contributed by atoms with van der Waals surface area (Å²) in [5.74, 6) is 5.53. The van der Waals surface area contributed by atoms with Crippen LogP contribution in [0, 0.1) is 34.8 Å². The van der Waals surface area contributed by atoms with E-state index in [9.17, 15) is 5.21 Å². The number of halogens is 1. The summed E-state index contributed by atoms with van der Waals surface area (Å²) in [6.45, 7) is 0.800. The predicted octanol–water partition coefficient (Wildman–Crippen LogP) is 3.53. The van der Waals surface area contributed by atoms with E-state index in [2.05, 4.69) is 15.9 Å². The molecule has 0 aromatic carbocycles. The van der Waals surface area contributed by atoms with E-state index in [1.807, 2.05) is 0 Å². The Morgan fingerprint density at radius 1 is 1.20 bits per heavy atom. The topological polar surface area (TPSA) is 36.2 Å². The third-order valence-electron chi connectivity index (χ3n) is 5.81. The van der Waals surface area contributed by atoms with Gasteiger partial charge in [0.05, 0.1) is 6.61 Å². The maximum atomic E-state index is 11.1. The molecule has 0 amide bonds. The Morgan fingerprint density at radius 2 is 1.90 bits per heavy atom. The molecule has 5 atom stereocenters. The van der Waals surface area contributed by atoms with Gasteiger partial charge in [-0.1, -0.05) is 0 Å². The van der Waals surface area contributed by atoms with Crippen molar-refractivity contribution in [1.29, 1.82) is 0 Å². The fraction of sp³-hybridized carbons (Fsp3) is 0.688. The van der Waals surface area contributed by atoms with Gasteiger partial charge >= 0.3 is 0 Å². The zero-order chi connectivity index (χ0) is 13.7. The van der Waals surface area contributed by atoms with Crippen molar-refractivity contribution < 1.29 is 9.47 Å². The third kappa shape index (κ3) is 2.12. The van der Waals surface area contributed by atoms with Gasteiger partial charge in [0.25, 0.3) is 0 Å². The van der Waals surface area contributed by atoms with Crippen molar-refractivity contribution in [3.63, 3.8) is 0 Å². The fourth-order valence-corrected chi connectivity index (χ4v) is 5.48. The molecule has 4 heteroatoms. The summed E-state index contributed by atoms with van der Waals surface area (Å²) in [5, 5.41) is 11.1. The van der Waals surface area contributed by atoms with Gasteiger partial charge in [-0.2, -0.15) is 4.73 Å². The van der Waals surface area contributed by atoms with E-state index in [-0.39, 0.29) is 0 Å². The summed E-state index contributed by atoms with van der Waals surface area (Å²) >= 11 is 3.39. The second-order valence-electron chi connectivity index (χ2n) is 6.83. The molecule has 3 saturated carbocycles. The molecular weight excluding hydrogens is 318 g/mol. The minimum absolute atomic E-state index is 0.708. The quantitative estimate of drug-likeness (QED) is 0.624. The Labute approximate surface area is 128 Å². The summed E-state index contributed by atoms with van der Waals surface area (Å²) in [7, 11) is 0. The van der Waals surface area contributed by atoms with Gasteiger partial charge in [-0.3, -0.25) is 0 Å². The Hall–Kier alpha value is -0.770. The molecular formula is C16H20BrNO2. The molecule has 4 rings (SSSR count). The van der Waals surface area contributed by atoms with Crippen molar-refractivity contribution in [2.75, 3.05) is 6.61 Å². The highest BCUT2D eigenvalue weighted by Gasteiger charge is 2.51. The van der Waals surface area contributed by atoms with Crippen LogP contribution in [0.4, 0.5) is 0 Å². The third-order valence-corrected chi connectivity index (χ3v) is 6.40. The van der Waals surface area contributed by atoms with E-state index < -0.39 is 0 Å². The SMILES string of the molecule is [O-][n+]1ccc(OCC2C[C@@H]3[C@H]4CC[C@H](C4)[C@@H]3C2)c(Br)c1. The van der Waals surface area contributed by atoms with Crippen molar-refractivity contribution in [1.82, 2.24) is 0 Å². The van der Waals surface area contributed by atoms with Crippen molar-refractivity contribution in [2.24, 2.45) is 29.6 Å². The minimum Gasteiger partial charge on any atom is -0.619 e. The molecule has 0 N–H and O–H groups in total. The Balaban J connectivity index is 1.37. The van der Waals surface area contributed by atoms with E-state index >= 15 is 0 Å². The minimum atomic E-state index is 0.708. The predicted molar refractivity (Wildman–Crippen MR) is 79.1 cm³/mol. The van der Waals surface area contributed by atoms with Crippen LogP contribution in [0.5, 0.6) is 5.75 Å². The molecule has 2 bridgehead atoms. The van der Waals surface area contributed by atoms with E-state index in [1.165, 1.54) is 44.5 Å². The normalized spacial score (nSPS) is 38.1. The number of pyridine rings is 1. The van der Waals surface area contributed by atoms with Gasteiger partial charge in [0, 0.05) is 6.07 Å². The van der Waals surface area contributed by atoms with Crippen LogP contribution in [0.15, 0.2) is 22.9 Å². The lowest BCUT2D eigenvalue weighted by molar-refractivity contribution is -0.606. The molecule has 3 aliphatic rings. The van der Waals surface area contributed by atoms with Crippen LogP contribution in [0.25, 0.3) is 0 Å². The monoisotopic (exact) mass is 337 g/mol. The molecule has 0 radical (unpaired) electrons. The van der Waals surface area contributed by atoms with Gasteiger partial charge in [-0.25, -0.2) is 0 Å². The lowest BCUT2D eigenvalue weighted by Crippen LogP contribution is -2.24. The van der Waals surface area contributed by atoms with Gasteiger partial charge in [-0.05, 0) is 77.6 Å². The highest BCUT2D eigenvalue weighted by atomic mass is 79.9. The first-order chi connectivity index (χ1) is 9.70. The molecule has 1 aromatic heterocycles. The van der Waals surface area contributed by atoms with Crippen LogP contribution in [0.1, 0.15) is 32.1 Å². The molecule has 3 nitrogen and oxygen atoms in total. The summed E-state index contributed by atoms with van der Waals surface area (Å²) in [5.41, 5.74) is 0. The molecule has 0 aliphatic heterocycles. The van der Waals surface area contributed by atoms with E-state index in [1.54, 1.807) is 6.07 Å². The highest BCUT2D eigenvalue weighted by molar-refractivity contribution is 9.10. The van der Waals surface area contributed by atoms with Crippen molar-refractivity contribution in [3.8, 4) is 5.75 Å². The lowest BCUT2D eigenvalue weighted by Gasteiger charge is -2.23. The van der Waals surface area contributed by atoms with E-state index in [4.69, 9.17) is 4.74 Å². The van der Waals surface area contributed by atoms with Gasteiger partial charge in [0.15, 0.2) is 12.4 Å². The van der Waals surface area contributed by atoms with Gasteiger partial charge < -0.3 is 9.94 Å². The standard InChI is InChI=1S/C16H20BrNO2/c17-15-8-18(19)4-3-16(15)20-9-10-5-13-11-1-2-12(7-11)14(13)6-10/h3-4,8,10-14H,1-2,5-7,9H2/t10?,11-,12+,13+,14-. The van der Waals surface area contributed by atoms with E-state index in [0.29, 0.717) is 5.92 Å². The average Bonchev–Trinajstić information content (AvgIpc) is 3.10. The molecule has 108 valence electrons. The first-order valence-electron chi connectivity index (χ1n) is 7.72. The zero-order valence-electron chi connectivity index (χ0n) is 11.5. The average molecular weight is 338 g/mol. The summed E-state index contributed by atoms with van der Waals surface area (Å²) < 4.78 is 7.46. The molecule has 0 saturated heterocycles. The Bertz CT molecular complexity index is 503. The lowest BCUT2D eigenvalue weighted by atomic mass is 9.82. The fourth-order valence-electron chi connectivity index (χ4n) is 5.03. The highest BCUT2D eigenvalue weighted by Crippen LogP contribution is 2.60. The molecule has 1 aromatic rings. The number of rotatable bonds is 3. The Kier molecular flexibility index (Phi) is 3.17. The number of nitrogens with zero attached hydrogens (tertiary/aromatic N) is 1. The summed E-state index contributed by atoms with van der Waals surface area (Å²) in [4.78, 5) is 0. The Morgan fingerprint density at radius 3 is 2.55 bits per heavy atom. The van der Waals surface area contributed by atoms with Crippen molar-refractivity contribution in [3.05, 3.63) is 28.1 Å². The molecule has 3 fully saturated rings. The number of aromatic nitrogens is 1. The molecule has 1 heterocycles. The molecule has 1 unspecified atom stereocenters.